The first-order valence-corrected chi connectivity index (χ1v) is 6.75. The standard InChI is InChI=1S/C15H23NO2/c1-5-8-16-10-13(17)18-12-9-11-6-7-15(12,4)14(11,2)3/h1,11-12,16H,6-10H2,2-4H3. The predicted octanol–water partition coefficient (Wildman–Crippen LogP) is 1.97. The number of rotatable bonds is 4. The summed E-state index contributed by atoms with van der Waals surface area (Å²) < 4.78 is 5.66. The van der Waals surface area contributed by atoms with Crippen LogP contribution in [0.1, 0.15) is 40.0 Å². The van der Waals surface area contributed by atoms with Crippen molar-refractivity contribution in [2.75, 3.05) is 13.1 Å². The normalized spacial score (nSPS) is 36.3. The Balaban J connectivity index is 1.93. The minimum Gasteiger partial charge on any atom is -0.461 e. The molecule has 3 heteroatoms. The van der Waals surface area contributed by atoms with E-state index in [4.69, 9.17) is 11.2 Å². The van der Waals surface area contributed by atoms with Crippen LogP contribution in [0.15, 0.2) is 0 Å². The van der Waals surface area contributed by atoms with Gasteiger partial charge in [0.15, 0.2) is 0 Å². The highest BCUT2D eigenvalue weighted by atomic mass is 16.5. The summed E-state index contributed by atoms with van der Waals surface area (Å²) in [6, 6.07) is 0. The molecule has 0 aromatic heterocycles. The van der Waals surface area contributed by atoms with Crippen molar-refractivity contribution in [2.45, 2.75) is 46.1 Å². The lowest BCUT2D eigenvalue weighted by Gasteiger charge is -2.38. The van der Waals surface area contributed by atoms with Gasteiger partial charge in [0.2, 0.25) is 0 Å². The molecule has 100 valence electrons. The Morgan fingerprint density at radius 3 is 2.72 bits per heavy atom. The van der Waals surface area contributed by atoms with Crippen molar-refractivity contribution in [2.24, 2.45) is 16.7 Å². The molecule has 3 nitrogen and oxygen atoms in total. The molecule has 2 rings (SSSR count). The molecule has 2 bridgehead atoms. The summed E-state index contributed by atoms with van der Waals surface area (Å²) >= 11 is 0. The number of carbonyl (C=O) groups excluding carboxylic acids is 1. The van der Waals surface area contributed by atoms with Gasteiger partial charge in [-0.15, -0.1) is 6.42 Å². The summed E-state index contributed by atoms with van der Waals surface area (Å²) in [4.78, 5) is 11.8. The molecule has 3 unspecified atom stereocenters. The molecular weight excluding hydrogens is 226 g/mol. The van der Waals surface area contributed by atoms with Gasteiger partial charge in [-0.1, -0.05) is 26.7 Å². The molecule has 0 heterocycles. The van der Waals surface area contributed by atoms with Gasteiger partial charge in [0.25, 0.3) is 0 Å². The quantitative estimate of drug-likeness (QED) is 0.470. The molecule has 2 aliphatic rings. The van der Waals surface area contributed by atoms with Crippen LogP contribution in [0.3, 0.4) is 0 Å². The minimum absolute atomic E-state index is 0.0754. The number of carbonyl (C=O) groups is 1. The SMILES string of the molecule is C#CCNCC(=O)OC1CC2CCC1(C)C2(C)C. The third-order valence-corrected chi connectivity index (χ3v) is 5.48. The number of esters is 1. The maximum absolute atomic E-state index is 11.8. The van der Waals surface area contributed by atoms with Gasteiger partial charge in [-0.05, 0) is 30.6 Å². The fourth-order valence-corrected chi connectivity index (χ4v) is 3.75. The van der Waals surface area contributed by atoms with E-state index in [-0.39, 0.29) is 29.4 Å². The largest absolute Gasteiger partial charge is 0.461 e. The van der Waals surface area contributed by atoms with Crippen molar-refractivity contribution >= 4 is 5.97 Å². The smallest absolute Gasteiger partial charge is 0.320 e. The fraction of sp³-hybridized carbons (Fsp3) is 0.800. The van der Waals surface area contributed by atoms with Gasteiger partial charge in [0.05, 0.1) is 13.1 Å². The Kier molecular flexibility index (Phi) is 3.42. The predicted molar refractivity (Wildman–Crippen MR) is 70.8 cm³/mol. The van der Waals surface area contributed by atoms with E-state index in [0.29, 0.717) is 12.5 Å². The zero-order valence-corrected chi connectivity index (χ0v) is 11.6. The van der Waals surface area contributed by atoms with E-state index in [0.717, 1.165) is 6.42 Å². The topological polar surface area (TPSA) is 38.3 Å². The van der Waals surface area contributed by atoms with E-state index in [2.05, 4.69) is 32.0 Å². The van der Waals surface area contributed by atoms with Crippen molar-refractivity contribution in [3.05, 3.63) is 0 Å². The molecule has 0 saturated heterocycles. The highest BCUT2D eigenvalue weighted by Crippen LogP contribution is 2.66. The van der Waals surface area contributed by atoms with Crippen LogP contribution in [0.5, 0.6) is 0 Å². The van der Waals surface area contributed by atoms with E-state index in [1.165, 1.54) is 12.8 Å². The molecule has 18 heavy (non-hydrogen) atoms. The second kappa shape index (κ2) is 4.59. The van der Waals surface area contributed by atoms with E-state index in [1.54, 1.807) is 0 Å². The van der Waals surface area contributed by atoms with E-state index < -0.39 is 0 Å². The van der Waals surface area contributed by atoms with Gasteiger partial charge in [-0.2, -0.15) is 0 Å². The fourth-order valence-electron chi connectivity index (χ4n) is 3.75. The first kappa shape index (κ1) is 13.4. The Morgan fingerprint density at radius 1 is 1.50 bits per heavy atom. The molecule has 0 aromatic rings. The summed E-state index contributed by atoms with van der Waals surface area (Å²) in [6.07, 6.45) is 8.65. The van der Waals surface area contributed by atoms with Crippen LogP contribution >= 0.6 is 0 Å². The monoisotopic (exact) mass is 249 g/mol. The number of terminal acetylenes is 1. The molecule has 0 aromatic carbocycles. The Bertz CT molecular complexity index is 382. The van der Waals surface area contributed by atoms with Gasteiger partial charge < -0.3 is 4.74 Å². The summed E-state index contributed by atoms with van der Waals surface area (Å²) in [7, 11) is 0. The summed E-state index contributed by atoms with van der Waals surface area (Å²) in [5.41, 5.74) is 0.420. The first-order valence-electron chi connectivity index (χ1n) is 6.75. The van der Waals surface area contributed by atoms with E-state index >= 15 is 0 Å². The van der Waals surface area contributed by atoms with Crippen LogP contribution < -0.4 is 5.32 Å². The van der Waals surface area contributed by atoms with Crippen LogP contribution in [-0.4, -0.2) is 25.2 Å². The average molecular weight is 249 g/mol. The molecule has 0 radical (unpaired) electrons. The molecule has 0 aliphatic heterocycles. The van der Waals surface area contributed by atoms with Crippen molar-refractivity contribution in [3.63, 3.8) is 0 Å². The minimum atomic E-state index is -0.181. The van der Waals surface area contributed by atoms with Crippen LogP contribution in [0.25, 0.3) is 0 Å². The van der Waals surface area contributed by atoms with Crippen molar-refractivity contribution in [1.82, 2.24) is 5.32 Å². The third-order valence-electron chi connectivity index (χ3n) is 5.48. The van der Waals surface area contributed by atoms with Gasteiger partial charge in [-0.3, -0.25) is 10.1 Å². The molecular formula is C15H23NO2. The van der Waals surface area contributed by atoms with Gasteiger partial charge >= 0.3 is 5.97 Å². The number of ether oxygens (including phenoxy) is 1. The molecule has 2 aliphatic carbocycles. The average Bonchev–Trinajstić information content (AvgIpc) is 2.62. The lowest BCUT2D eigenvalue weighted by molar-refractivity contribution is -0.155. The Labute approximate surface area is 110 Å². The molecule has 1 N–H and O–H groups in total. The number of nitrogens with one attached hydrogen (secondary N) is 1. The zero-order chi connectivity index (χ0) is 13.4. The molecule has 0 spiro atoms. The molecule has 0 amide bonds. The van der Waals surface area contributed by atoms with Crippen molar-refractivity contribution < 1.29 is 9.53 Å². The van der Waals surface area contributed by atoms with Crippen molar-refractivity contribution in [3.8, 4) is 12.3 Å². The van der Waals surface area contributed by atoms with Crippen LogP contribution in [-0.2, 0) is 9.53 Å². The highest BCUT2D eigenvalue weighted by molar-refractivity contribution is 5.72. The number of fused-ring (bicyclic) bond motifs is 2. The van der Waals surface area contributed by atoms with E-state index in [1.807, 2.05) is 0 Å². The third kappa shape index (κ3) is 1.93. The molecule has 2 fully saturated rings. The van der Waals surface area contributed by atoms with Crippen molar-refractivity contribution in [1.29, 1.82) is 0 Å². The maximum atomic E-state index is 11.8. The van der Waals surface area contributed by atoms with E-state index in [9.17, 15) is 4.79 Å². The van der Waals surface area contributed by atoms with Crippen LogP contribution in [0.4, 0.5) is 0 Å². The van der Waals surface area contributed by atoms with Gasteiger partial charge in [0, 0.05) is 5.41 Å². The Morgan fingerprint density at radius 2 is 2.22 bits per heavy atom. The highest BCUT2D eigenvalue weighted by Gasteiger charge is 2.62. The summed E-state index contributed by atoms with van der Waals surface area (Å²) in [5, 5.41) is 2.88. The Hall–Kier alpha value is -1.01. The van der Waals surface area contributed by atoms with Gasteiger partial charge in [-0.25, -0.2) is 0 Å². The first-order chi connectivity index (χ1) is 8.41. The van der Waals surface area contributed by atoms with Gasteiger partial charge in [0.1, 0.15) is 6.10 Å². The summed E-state index contributed by atoms with van der Waals surface area (Å²) in [6.45, 7) is 7.52. The molecule has 3 atom stereocenters. The van der Waals surface area contributed by atoms with Crippen LogP contribution in [0.2, 0.25) is 0 Å². The number of hydrogen-bond donors (Lipinski definition) is 1. The number of hydrogen-bond acceptors (Lipinski definition) is 3. The maximum Gasteiger partial charge on any atom is 0.320 e. The zero-order valence-electron chi connectivity index (χ0n) is 11.6. The van der Waals surface area contributed by atoms with Crippen LogP contribution in [0, 0.1) is 29.1 Å². The molecule has 2 saturated carbocycles. The second-order valence-corrected chi connectivity index (χ2v) is 6.40. The summed E-state index contributed by atoms with van der Waals surface area (Å²) in [5.74, 6) is 2.96. The second-order valence-electron chi connectivity index (χ2n) is 6.40. The lowest BCUT2D eigenvalue weighted by Crippen LogP contribution is -2.40. The lowest BCUT2D eigenvalue weighted by atomic mass is 9.70.